The maximum absolute atomic E-state index is 13.2. The van der Waals surface area contributed by atoms with Crippen molar-refractivity contribution < 1.29 is 17.6 Å². The van der Waals surface area contributed by atoms with Gasteiger partial charge in [0.15, 0.2) is 0 Å². The molecule has 1 amide bonds. The van der Waals surface area contributed by atoms with Gasteiger partial charge in [-0.05, 0) is 41.3 Å². The molecule has 0 aliphatic heterocycles. The van der Waals surface area contributed by atoms with Gasteiger partial charge in [-0.2, -0.15) is 4.31 Å². The molecule has 3 rings (SSSR count). The van der Waals surface area contributed by atoms with E-state index in [0.29, 0.717) is 9.82 Å². The number of halogens is 1. The number of amides is 1. The number of rotatable bonds is 5. The zero-order valence-electron chi connectivity index (χ0n) is 11.9. The molecule has 0 spiro atoms. The molecule has 1 radical (unpaired) electrons. The number of carbonyl (C=O) groups excluding carboxylic acids is 1. The van der Waals surface area contributed by atoms with Crippen LogP contribution >= 0.6 is 0 Å². The van der Waals surface area contributed by atoms with Gasteiger partial charge in [0.1, 0.15) is 5.82 Å². The van der Waals surface area contributed by atoms with E-state index in [1.165, 1.54) is 30.7 Å². The molecule has 0 saturated carbocycles. The van der Waals surface area contributed by atoms with Crippen LogP contribution in [-0.4, -0.2) is 19.8 Å². The van der Waals surface area contributed by atoms with E-state index in [-0.39, 0.29) is 11.3 Å². The third kappa shape index (κ3) is 3.09. The summed E-state index contributed by atoms with van der Waals surface area (Å²) in [6, 6.07) is 11.8. The molecule has 2 aromatic carbocycles. The van der Waals surface area contributed by atoms with Crippen LogP contribution in [-0.2, 0) is 20.6 Å². The minimum Gasteiger partial charge on any atom is -0.361 e. The number of benzene rings is 2. The molecule has 1 N–H and O–H groups in total. The lowest BCUT2D eigenvalue weighted by Gasteiger charge is -2.17. The lowest BCUT2D eigenvalue weighted by Crippen LogP contribution is -2.30. The van der Waals surface area contributed by atoms with Gasteiger partial charge in [0.2, 0.25) is 10.0 Å². The van der Waals surface area contributed by atoms with E-state index in [2.05, 4.69) is 4.98 Å². The van der Waals surface area contributed by atoms with Crippen LogP contribution in [0.5, 0.6) is 0 Å². The normalized spacial score (nSPS) is 11.5. The highest BCUT2D eigenvalue weighted by molar-refractivity contribution is 7.92. The van der Waals surface area contributed by atoms with Crippen molar-refractivity contribution in [1.82, 2.24) is 4.98 Å². The topological polar surface area (TPSA) is 70.2 Å². The van der Waals surface area contributed by atoms with Gasteiger partial charge < -0.3 is 4.98 Å². The first-order chi connectivity index (χ1) is 11.0. The fourth-order valence-electron chi connectivity index (χ4n) is 2.33. The highest BCUT2D eigenvalue weighted by Crippen LogP contribution is 2.24. The van der Waals surface area contributed by atoms with Crippen LogP contribution in [0.4, 0.5) is 10.1 Å². The van der Waals surface area contributed by atoms with Gasteiger partial charge >= 0.3 is 6.41 Å². The zero-order chi connectivity index (χ0) is 16.4. The van der Waals surface area contributed by atoms with Crippen LogP contribution in [0, 0.1) is 5.82 Å². The maximum atomic E-state index is 13.2. The van der Waals surface area contributed by atoms with Crippen LogP contribution in [0.1, 0.15) is 5.56 Å². The Balaban J connectivity index is 1.96. The third-order valence-corrected chi connectivity index (χ3v) is 4.91. The molecule has 117 valence electrons. The Morgan fingerprint density at radius 2 is 1.96 bits per heavy atom. The Bertz CT molecular complexity index is 966. The van der Waals surface area contributed by atoms with Gasteiger partial charge in [-0.3, -0.25) is 4.79 Å². The van der Waals surface area contributed by atoms with Crippen molar-refractivity contribution in [3.63, 3.8) is 0 Å². The number of aromatic amines is 1. The van der Waals surface area contributed by atoms with Crippen molar-refractivity contribution in [1.29, 1.82) is 0 Å². The summed E-state index contributed by atoms with van der Waals surface area (Å²) >= 11 is 0. The first-order valence-electron chi connectivity index (χ1n) is 6.72. The molecule has 0 atom stereocenters. The number of nitrogens with one attached hydrogen (secondary N) is 1. The number of hydrogen-bond acceptors (Lipinski definition) is 3. The second kappa shape index (κ2) is 5.85. The summed E-state index contributed by atoms with van der Waals surface area (Å²) in [6.45, 7) is 0. The van der Waals surface area contributed by atoms with Crippen molar-refractivity contribution in [3.05, 3.63) is 66.1 Å². The Hall–Kier alpha value is -2.67. The van der Waals surface area contributed by atoms with Gasteiger partial charge in [0.05, 0.1) is 11.4 Å². The predicted octanol–water partition coefficient (Wildman–Crippen LogP) is 2.71. The summed E-state index contributed by atoms with van der Waals surface area (Å²) in [5.74, 6) is -1.03. The number of H-pyrrole nitrogens is 1. The molecule has 0 aliphatic carbocycles. The molecule has 5 nitrogen and oxygen atoms in total. The molecule has 7 heteroatoms. The molecule has 0 bridgehead atoms. The van der Waals surface area contributed by atoms with Crippen molar-refractivity contribution in [2.45, 2.75) is 5.75 Å². The second-order valence-corrected chi connectivity index (χ2v) is 6.81. The molecule has 0 saturated heterocycles. The van der Waals surface area contributed by atoms with Crippen molar-refractivity contribution in [2.75, 3.05) is 4.31 Å². The molecule has 1 aromatic heterocycles. The number of sulfonamides is 1. The minimum absolute atomic E-state index is 0.173. The lowest BCUT2D eigenvalue weighted by atomic mass is 10.2. The zero-order valence-corrected chi connectivity index (χ0v) is 12.7. The molecular weight excluding hydrogens is 319 g/mol. The first-order valence-corrected chi connectivity index (χ1v) is 8.33. The summed E-state index contributed by atoms with van der Waals surface area (Å²) < 4.78 is 38.6. The SMILES string of the molecule is O=[C]N(c1ccc2cc[nH]c2c1)S(=O)(=O)Cc1cccc(F)c1. The second-order valence-electron chi connectivity index (χ2n) is 4.99. The molecule has 1 heterocycles. The molecule has 0 unspecified atom stereocenters. The van der Waals surface area contributed by atoms with E-state index in [9.17, 15) is 17.6 Å². The van der Waals surface area contributed by atoms with Crippen molar-refractivity contribution in [3.8, 4) is 0 Å². The smallest absolute Gasteiger partial charge is 0.331 e. The lowest BCUT2D eigenvalue weighted by molar-refractivity contribution is 0.553. The fraction of sp³-hybridized carbons (Fsp3) is 0.0625. The molecule has 0 fully saturated rings. The van der Waals surface area contributed by atoms with E-state index < -0.39 is 21.6 Å². The Kier molecular flexibility index (Phi) is 3.87. The fourth-order valence-corrected chi connectivity index (χ4v) is 3.61. The number of fused-ring (bicyclic) bond motifs is 1. The van der Waals surface area contributed by atoms with Gasteiger partial charge in [-0.25, -0.2) is 12.8 Å². The Morgan fingerprint density at radius 3 is 2.70 bits per heavy atom. The number of hydrogen-bond donors (Lipinski definition) is 1. The van der Waals surface area contributed by atoms with Crippen LogP contribution in [0.3, 0.4) is 0 Å². The summed E-state index contributed by atoms with van der Waals surface area (Å²) in [4.78, 5) is 14.2. The predicted molar refractivity (Wildman–Crippen MR) is 85.5 cm³/mol. The highest BCUT2D eigenvalue weighted by atomic mass is 32.2. The minimum atomic E-state index is -4.02. The quantitative estimate of drug-likeness (QED) is 0.731. The molecule has 0 aliphatic rings. The Morgan fingerprint density at radius 1 is 1.13 bits per heavy atom. The van der Waals surface area contributed by atoms with Gasteiger partial charge in [0.25, 0.3) is 0 Å². The van der Waals surface area contributed by atoms with Gasteiger partial charge in [0, 0.05) is 11.7 Å². The number of anilines is 1. The summed E-state index contributed by atoms with van der Waals surface area (Å²) in [5.41, 5.74) is 1.13. The van der Waals surface area contributed by atoms with E-state index in [0.717, 1.165) is 11.5 Å². The Labute approximate surface area is 132 Å². The van der Waals surface area contributed by atoms with Gasteiger partial charge in [-0.1, -0.05) is 18.2 Å². The summed E-state index contributed by atoms with van der Waals surface area (Å²) in [5, 5.41) is 0.891. The average Bonchev–Trinajstić information content (AvgIpc) is 2.94. The van der Waals surface area contributed by atoms with E-state index in [4.69, 9.17) is 0 Å². The molecule has 23 heavy (non-hydrogen) atoms. The largest absolute Gasteiger partial charge is 0.361 e. The third-order valence-electron chi connectivity index (χ3n) is 3.37. The molecular formula is C16H12FN2O3S. The highest BCUT2D eigenvalue weighted by Gasteiger charge is 2.24. The standard InChI is InChI=1S/C16H12FN2O3S/c17-14-3-1-2-12(8-14)10-23(21,22)19(11-20)15-5-4-13-6-7-18-16(13)9-15/h1-9,18H,10H2. The van der Waals surface area contributed by atoms with Crippen LogP contribution < -0.4 is 4.31 Å². The van der Waals surface area contributed by atoms with E-state index in [1.54, 1.807) is 18.3 Å². The van der Waals surface area contributed by atoms with Crippen LogP contribution in [0.15, 0.2) is 54.7 Å². The average molecular weight is 331 g/mol. The van der Waals surface area contributed by atoms with Crippen LogP contribution in [0.25, 0.3) is 10.9 Å². The van der Waals surface area contributed by atoms with E-state index >= 15 is 0 Å². The number of aromatic nitrogens is 1. The van der Waals surface area contributed by atoms with Crippen molar-refractivity contribution >= 4 is 33.0 Å². The number of nitrogens with zero attached hydrogens (tertiary/aromatic N) is 1. The van der Waals surface area contributed by atoms with Crippen LogP contribution in [0.2, 0.25) is 0 Å². The summed E-state index contributed by atoms with van der Waals surface area (Å²) in [7, 11) is -4.02. The maximum Gasteiger partial charge on any atom is 0.331 e. The van der Waals surface area contributed by atoms with E-state index in [1.807, 2.05) is 6.07 Å². The first kappa shape index (κ1) is 15.2. The van der Waals surface area contributed by atoms with Crippen molar-refractivity contribution in [2.24, 2.45) is 0 Å². The monoisotopic (exact) mass is 331 g/mol. The van der Waals surface area contributed by atoms with Gasteiger partial charge in [-0.15, -0.1) is 0 Å². The summed E-state index contributed by atoms with van der Waals surface area (Å²) in [6.07, 6.45) is 3.15. The molecule has 3 aromatic rings.